The number of amides is 1. The molecule has 4 aromatic rings. The van der Waals surface area contributed by atoms with Crippen molar-refractivity contribution in [3.63, 3.8) is 0 Å². The monoisotopic (exact) mass is 497 g/mol. The Hall–Kier alpha value is -2.19. The van der Waals surface area contributed by atoms with Crippen LogP contribution in [0, 0.1) is 13.8 Å². The summed E-state index contributed by atoms with van der Waals surface area (Å²) in [5.74, 6) is 0.603. The van der Waals surface area contributed by atoms with Gasteiger partial charge in [-0.15, -0.1) is 34.4 Å². The number of carbonyl (C=O) groups is 1. The van der Waals surface area contributed by atoms with E-state index in [1.807, 2.05) is 67.3 Å². The molecule has 32 heavy (non-hydrogen) atoms. The first-order valence-corrected chi connectivity index (χ1v) is 13.3. The van der Waals surface area contributed by atoms with Crippen LogP contribution in [0.1, 0.15) is 31.5 Å². The molecular formula is C24H20ClN3OS3. The summed E-state index contributed by atoms with van der Waals surface area (Å²) in [6, 6.07) is 16.0. The smallest absolute Gasteiger partial charge is 0.238 e. The van der Waals surface area contributed by atoms with Crippen molar-refractivity contribution >= 4 is 57.6 Å². The van der Waals surface area contributed by atoms with Crippen molar-refractivity contribution in [1.29, 1.82) is 0 Å². The fourth-order valence-electron chi connectivity index (χ4n) is 3.73. The normalized spacial score (nSPS) is 16.2. The van der Waals surface area contributed by atoms with Gasteiger partial charge in [-0.05, 0) is 43.7 Å². The van der Waals surface area contributed by atoms with Crippen molar-refractivity contribution < 1.29 is 4.79 Å². The third kappa shape index (κ3) is 4.35. The maximum atomic E-state index is 12.8. The number of aromatic nitrogens is 2. The standard InChI is InChI=1S/C24H20ClN3OS3/c1-14-23(32-21(26-14)11-16-3-7-18(25)8-4-16)24-28(22(29)13-31-24)19-9-5-17(6-10-19)20-12-30-15(2)27-20/h3-10,12,24H,11,13H2,1-2H3. The lowest BCUT2D eigenvalue weighted by molar-refractivity contribution is -0.115. The van der Waals surface area contributed by atoms with Crippen LogP contribution in [0.15, 0.2) is 53.9 Å². The molecule has 1 unspecified atom stereocenters. The first-order valence-electron chi connectivity index (χ1n) is 10.1. The number of carbonyl (C=O) groups excluding carboxylic acids is 1. The van der Waals surface area contributed by atoms with Gasteiger partial charge in [0.25, 0.3) is 0 Å². The average molecular weight is 498 g/mol. The third-order valence-corrected chi connectivity index (χ3v) is 8.86. The zero-order valence-electron chi connectivity index (χ0n) is 17.5. The number of hydrogen-bond acceptors (Lipinski definition) is 6. The number of aryl methyl sites for hydroxylation is 2. The molecule has 1 fully saturated rings. The molecule has 0 aliphatic carbocycles. The van der Waals surface area contributed by atoms with Gasteiger partial charge in [-0.2, -0.15) is 0 Å². The van der Waals surface area contributed by atoms with Gasteiger partial charge in [0.2, 0.25) is 5.91 Å². The van der Waals surface area contributed by atoms with Gasteiger partial charge in [0.1, 0.15) is 5.37 Å². The summed E-state index contributed by atoms with van der Waals surface area (Å²) in [5, 5.41) is 4.84. The Morgan fingerprint density at radius 1 is 1.06 bits per heavy atom. The van der Waals surface area contributed by atoms with E-state index in [1.54, 1.807) is 34.4 Å². The lowest BCUT2D eigenvalue weighted by atomic mass is 10.1. The van der Waals surface area contributed by atoms with Gasteiger partial charge in [0.05, 0.1) is 32.0 Å². The molecule has 2 aromatic carbocycles. The van der Waals surface area contributed by atoms with Crippen LogP contribution >= 0.6 is 46.0 Å². The molecule has 1 aliphatic rings. The average Bonchev–Trinajstić information content (AvgIpc) is 3.48. The number of thiazole rings is 2. The molecule has 0 N–H and O–H groups in total. The van der Waals surface area contributed by atoms with Crippen LogP contribution in [0.4, 0.5) is 5.69 Å². The predicted octanol–water partition coefficient (Wildman–Crippen LogP) is 6.91. The van der Waals surface area contributed by atoms with Crippen LogP contribution in [0.2, 0.25) is 5.02 Å². The highest BCUT2D eigenvalue weighted by molar-refractivity contribution is 8.01. The zero-order chi connectivity index (χ0) is 22.2. The molecule has 162 valence electrons. The molecule has 1 amide bonds. The van der Waals surface area contributed by atoms with Gasteiger partial charge < -0.3 is 0 Å². The van der Waals surface area contributed by atoms with E-state index in [2.05, 4.69) is 10.4 Å². The van der Waals surface area contributed by atoms with Gasteiger partial charge in [-0.25, -0.2) is 9.97 Å². The van der Waals surface area contributed by atoms with Gasteiger partial charge >= 0.3 is 0 Å². The molecule has 0 spiro atoms. The van der Waals surface area contributed by atoms with Crippen molar-refractivity contribution in [3.05, 3.63) is 85.1 Å². The quantitative estimate of drug-likeness (QED) is 0.300. The van der Waals surface area contributed by atoms with Gasteiger partial charge in [0.15, 0.2) is 0 Å². The summed E-state index contributed by atoms with van der Waals surface area (Å²) in [5.41, 5.74) is 5.11. The summed E-state index contributed by atoms with van der Waals surface area (Å²) in [6.07, 6.45) is 0.760. The maximum absolute atomic E-state index is 12.8. The second-order valence-corrected chi connectivity index (χ2v) is 11.3. The first-order chi connectivity index (χ1) is 15.5. The number of hydrogen-bond donors (Lipinski definition) is 0. The lowest BCUT2D eigenvalue weighted by Gasteiger charge is -2.23. The molecule has 0 radical (unpaired) electrons. The minimum Gasteiger partial charge on any atom is -0.294 e. The van der Waals surface area contributed by atoms with Crippen LogP contribution in [0.5, 0.6) is 0 Å². The van der Waals surface area contributed by atoms with E-state index in [4.69, 9.17) is 16.6 Å². The van der Waals surface area contributed by atoms with E-state index in [1.165, 1.54) is 5.56 Å². The zero-order valence-corrected chi connectivity index (χ0v) is 20.7. The number of halogens is 1. The summed E-state index contributed by atoms with van der Waals surface area (Å²) in [4.78, 5) is 25.2. The van der Waals surface area contributed by atoms with Crippen molar-refractivity contribution in [2.45, 2.75) is 25.6 Å². The number of benzene rings is 2. The maximum Gasteiger partial charge on any atom is 0.238 e. The highest BCUT2D eigenvalue weighted by atomic mass is 35.5. The van der Waals surface area contributed by atoms with E-state index in [0.29, 0.717) is 5.75 Å². The lowest BCUT2D eigenvalue weighted by Crippen LogP contribution is -2.27. The third-order valence-electron chi connectivity index (χ3n) is 5.30. The van der Waals surface area contributed by atoms with Crippen LogP contribution < -0.4 is 4.90 Å². The van der Waals surface area contributed by atoms with E-state index in [9.17, 15) is 4.79 Å². The number of nitrogens with zero attached hydrogens (tertiary/aromatic N) is 3. The SMILES string of the molecule is Cc1nc(-c2ccc(N3C(=O)CSC3c3sc(Cc4ccc(Cl)cc4)nc3C)cc2)cs1. The Morgan fingerprint density at radius 3 is 2.50 bits per heavy atom. The molecule has 0 saturated carbocycles. The molecule has 4 nitrogen and oxygen atoms in total. The molecule has 1 saturated heterocycles. The predicted molar refractivity (Wildman–Crippen MR) is 136 cm³/mol. The van der Waals surface area contributed by atoms with Crippen molar-refractivity contribution in [3.8, 4) is 11.3 Å². The summed E-state index contributed by atoms with van der Waals surface area (Å²) < 4.78 is 0. The Bertz CT molecular complexity index is 1260. The second-order valence-electron chi connectivity index (χ2n) is 7.59. The van der Waals surface area contributed by atoms with E-state index in [-0.39, 0.29) is 11.3 Å². The Kier molecular flexibility index (Phi) is 6.07. The van der Waals surface area contributed by atoms with Crippen molar-refractivity contribution in [2.75, 3.05) is 10.7 Å². The molecule has 3 heterocycles. The number of anilines is 1. The summed E-state index contributed by atoms with van der Waals surface area (Å²) in [6.45, 7) is 4.04. The van der Waals surface area contributed by atoms with Crippen LogP contribution in [0.25, 0.3) is 11.3 Å². The molecule has 2 aromatic heterocycles. The summed E-state index contributed by atoms with van der Waals surface area (Å²) >= 11 is 11.0. The number of thioether (sulfide) groups is 1. The van der Waals surface area contributed by atoms with Gasteiger partial charge in [-0.1, -0.05) is 35.9 Å². The highest BCUT2D eigenvalue weighted by Crippen LogP contribution is 2.45. The molecule has 8 heteroatoms. The topological polar surface area (TPSA) is 46.1 Å². The highest BCUT2D eigenvalue weighted by Gasteiger charge is 2.36. The Balaban J connectivity index is 1.40. The van der Waals surface area contributed by atoms with E-state index >= 15 is 0 Å². The molecular weight excluding hydrogens is 478 g/mol. The van der Waals surface area contributed by atoms with Crippen molar-refractivity contribution in [2.24, 2.45) is 0 Å². The summed E-state index contributed by atoms with van der Waals surface area (Å²) in [7, 11) is 0. The second kappa shape index (κ2) is 8.98. The Morgan fingerprint density at radius 2 is 1.81 bits per heavy atom. The number of rotatable bonds is 5. The fourth-order valence-corrected chi connectivity index (χ4v) is 7.05. The minimum atomic E-state index is -0.0497. The minimum absolute atomic E-state index is 0.0497. The van der Waals surface area contributed by atoms with Gasteiger partial charge in [0, 0.05) is 28.1 Å². The molecule has 1 atom stereocenters. The molecule has 0 bridgehead atoms. The van der Waals surface area contributed by atoms with Crippen LogP contribution in [-0.4, -0.2) is 21.6 Å². The van der Waals surface area contributed by atoms with Crippen LogP contribution in [-0.2, 0) is 11.2 Å². The van der Waals surface area contributed by atoms with E-state index in [0.717, 1.165) is 49.0 Å². The molecule has 5 rings (SSSR count). The van der Waals surface area contributed by atoms with E-state index < -0.39 is 0 Å². The van der Waals surface area contributed by atoms with Crippen LogP contribution in [0.3, 0.4) is 0 Å². The first kappa shape index (κ1) is 21.6. The fraction of sp³-hybridized carbons (Fsp3) is 0.208. The Labute approximate surface area is 204 Å². The van der Waals surface area contributed by atoms with Crippen molar-refractivity contribution in [1.82, 2.24) is 9.97 Å². The van der Waals surface area contributed by atoms with Gasteiger partial charge in [-0.3, -0.25) is 9.69 Å². The largest absolute Gasteiger partial charge is 0.294 e. The molecule has 1 aliphatic heterocycles.